The van der Waals surface area contributed by atoms with E-state index in [0.29, 0.717) is 12.3 Å². The van der Waals surface area contributed by atoms with Gasteiger partial charge in [0.2, 0.25) is 5.91 Å². The Balaban J connectivity index is 1.61. The highest BCUT2D eigenvalue weighted by molar-refractivity contribution is 6.00. The number of hydrogen-bond acceptors (Lipinski definition) is 4. The van der Waals surface area contributed by atoms with Crippen LogP contribution in [0.2, 0.25) is 0 Å². The zero-order valence-corrected chi connectivity index (χ0v) is 19.3. The van der Waals surface area contributed by atoms with Gasteiger partial charge in [0.1, 0.15) is 17.1 Å². The fourth-order valence-electron chi connectivity index (χ4n) is 3.79. The van der Waals surface area contributed by atoms with E-state index in [1.54, 1.807) is 26.6 Å². The van der Waals surface area contributed by atoms with E-state index in [4.69, 9.17) is 13.9 Å². The molecule has 1 aromatic heterocycles. The third kappa shape index (κ3) is 4.93. The number of methoxy groups -OCH3 is 2. The molecule has 0 bridgehead atoms. The molecule has 1 N–H and O–H groups in total. The van der Waals surface area contributed by atoms with Crippen LogP contribution in [0.15, 0.2) is 77.4 Å². The van der Waals surface area contributed by atoms with Crippen molar-refractivity contribution in [3.63, 3.8) is 0 Å². The van der Waals surface area contributed by atoms with Gasteiger partial charge in [-0.05, 0) is 48.7 Å². The molecule has 1 amide bonds. The smallest absolute Gasteiger partial charge is 0.244 e. The van der Waals surface area contributed by atoms with Crippen molar-refractivity contribution >= 4 is 22.4 Å². The maximum absolute atomic E-state index is 12.6. The van der Waals surface area contributed by atoms with Gasteiger partial charge < -0.3 is 19.2 Å². The Hall–Kier alpha value is -3.99. The number of aryl methyl sites for hydroxylation is 1. The number of amides is 1. The lowest BCUT2D eigenvalue weighted by molar-refractivity contribution is -0.116. The SMILES string of the molecule is COc1cccc(CNC(=O)/C=C(\C)c2cc3c(-c4ccc(C)cc4)coc3cc2OC)c1. The highest BCUT2D eigenvalue weighted by Crippen LogP contribution is 2.37. The summed E-state index contributed by atoms with van der Waals surface area (Å²) in [5.41, 5.74) is 6.63. The second-order valence-corrected chi connectivity index (χ2v) is 7.96. The molecule has 0 aliphatic rings. The van der Waals surface area contributed by atoms with Gasteiger partial charge in [-0.15, -0.1) is 0 Å². The van der Waals surface area contributed by atoms with Crippen LogP contribution in [0.3, 0.4) is 0 Å². The fraction of sp³-hybridized carbons (Fsp3) is 0.179. The third-order valence-corrected chi connectivity index (χ3v) is 5.63. The van der Waals surface area contributed by atoms with Crippen LogP contribution in [0, 0.1) is 6.92 Å². The molecule has 0 aliphatic carbocycles. The molecule has 1 heterocycles. The minimum absolute atomic E-state index is 0.177. The van der Waals surface area contributed by atoms with Gasteiger partial charge in [-0.3, -0.25) is 4.79 Å². The van der Waals surface area contributed by atoms with Crippen molar-refractivity contribution in [2.24, 2.45) is 0 Å². The minimum atomic E-state index is -0.177. The summed E-state index contributed by atoms with van der Waals surface area (Å²) in [7, 11) is 3.24. The molecule has 0 radical (unpaired) electrons. The number of carbonyl (C=O) groups is 1. The van der Waals surface area contributed by atoms with Gasteiger partial charge in [0.25, 0.3) is 0 Å². The Morgan fingerprint density at radius 3 is 2.55 bits per heavy atom. The van der Waals surface area contributed by atoms with Crippen molar-refractivity contribution in [2.45, 2.75) is 20.4 Å². The number of allylic oxidation sites excluding steroid dienone is 1. The molecule has 168 valence electrons. The molecule has 33 heavy (non-hydrogen) atoms. The molecule has 0 unspecified atom stereocenters. The van der Waals surface area contributed by atoms with E-state index in [1.807, 2.05) is 43.3 Å². The average Bonchev–Trinajstić information content (AvgIpc) is 3.25. The molecule has 0 atom stereocenters. The standard InChI is InChI=1S/C28H27NO4/c1-18-8-10-21(11-9-18)25-17-33-27-15-26(32-4)23(14-24(25)27)19(2)12-28(30)29-16-20-6-5-7-22(13-20)31-3/h5-15,17H,16H2,1-4H3,(H,29,30)/b19-12+. The summed E-state index contributed by atoms with van der Waals surface area (Å²) in [6.45, 7) is 4.38. The van der Waals surface area contributed by atoms with E-state index >= 15 is 0 Å². The second-order valence-electron chi connectivity index (χ2n) is 7.96. The fourth-order valence-corrected chi connectivity index (χ4v) is 3.79. The Bertz CT molecular complexity index is 1320. The molecule has 4 rings (SSSR count). The number of benzene rings is 3. The van der Waals surface area contributed by atoms with E-state index in [1.165, 1.54) is 5.56 Å². The van der Waals surface area contributed by atoms with Gasteiger partial charge in [-0.25, -0.2) is 0 Å². The van der Waals surface area contributed by atoms with Crippen LogP contribution in [-0.4, -0.2) is 20.1 Å². The van der Waals surface area contributed by atoms with Crippen LogP contribution >= 0.6 is 0 Å². The Labute approximate surface area is 193 Å². The van der Waals surface area contributed by atoms with Crippen molar-refractivity contribution in [3.8, 4) is 22.6 Å². The van der Waals surface area contributed by atoms with Crippen LogP contribution in [0.25, 0.3) is 27.7 Å². The van der Waals surface area contributed by atoms with Crippen LogP contribution < -0.4 is 14.8 Å². The van der Waals surface area contributed by atoms with E-state index in [0.717, 1.165) is 44.5 Å². The number of rotatable bonds is 7. The number of nitrogens with one attached hydrogen (secondary N) is 1. The molecule has 0 saturated carbocycles. The zero-order valence-electron chi connectivity index (χ0n) is 19.3. The summed E-state index contributed by atoms with van der Waals surface area (Å²) in [5, 5.41) is 3.90. The van der Waals surface area contributed by atoms with Gasteiger partial charge in [0.15, 0.2) is 0 Å². The van der Waals surface area contributed by atoms with E-state index in [9.17, 15) is 4.79 Å². The van der Waals surface area contributed by atoms with Crippen molar-refractivity contribution in [2.75, 3.05) is 14.2 Å². The summed E-state index contributed by atoms with van der Waals surface area (Å²) < 4.78 is 16.6. The lowest BCUT2D eigenvalue weighted by Crippen LogP contribution is -2.20. The average molecular weight is 442 g/mol. The molecule has 0 saturated heterocycles. The van der Waals surface area contributed by atoms with Crippen molar-refractivity contribution in [3.05, 3.63) is 89.7 Å². The van der Waals surface area contributed by atoms with Gasteiger partial charge in [-0.1, -0.05) is 42.0 Å². The first kappa shape index (κ1) is 22.2. The molecule has 0 aliphatic heterocycles. The van der Waals surface area contributed by atoms with E-state index in [2.05, 4.69) is 36.5 Å². The maximum atomic E-state index is 12.6. The normalized spacial score (nSPS) is 11.5. The Kier molecular flexibility index (Phi) is 6.50. The largest absolute Gasteiger partial charge is 0.497 e. The van der Waals surface area contributed by atoms with Crippen LogP contribution in [0.5, 0.6) is 11.5 Å². The first-order valence-electron chi connectivity index (χ1n) is 10.7. The third-order valence-electron chi connectivity index (χ3n) is 5.63. The topological polar surface area (TPSA) is 60.7 Å². The summed E-state index contributed by atoms with van der Waals surface area (Å²) in [6, 6.07) is 19.8. The van der Waals surface area contributed by atoms with Gasteiger partial charge in [-0.2, -0.15) is 0 Å². The molecule has 4 aromatic rings. The van der Waals surface area contributed by atoms with E-state index < -0.39 is 0 Å². The predicted molar refractivity (Wildman–Crippen MR) is 131 cm³/mol. The monoisotopic (exact) mass is 441 g/mol. The summed E-state index contributed by atoms with van der Waals surface area (Å²) in [5.74, 6) is 1.24. The van der Waals surface area contributed by atoms with E-state index in [-0.39, 0.29) is 5.91 Å². The molecule has 3 aromatic carbocycles. The summed E-state index contributed by atoms with van der Waals surface area (Å²) in [4.78, 5) is 12.6. The van der Waals surface area contributed by atoms with Crippen molar-refractivity contribution in [1.29, 1.82) is 0 Å². The molecule has 5 nitrogen and oxygen atoms in total. The van der Waals surface area contributed by atoms with Gasteiger partial charge in [0.05, 0.1) is 20.5 Å². The number of fused-ring (bicyclic) bond motifs is 1. The van der Waals surface area contributed by atoms with Crippen molar-refractivity contribution < 1.29 is 18.7 Å². The number of ether oxygens (including phenoxy) is 2. The zero-order chi connectivity index (χ0) is 23.4. The maximum Gasteiger partial charge on any atom is 0.244 e. The number of furan rings is 1. The first-order chi connectivity index (χ1) is 16.0. The van der Waals surface area contributed by atoms with Crippen LogP contribution in [-0.2, 0) is 11.3 Å². The van der Waals surface area contributed by atoms with Crippen molar-refractivity contribution in [1.82, 2.24) is 5.32 Å². The molecule has 0 spiro atoms. The minimum Gasteiger partial charge on any atom is -0.497 e. The molecule has 0 fully saturated rings. The molecular formula is C28H27NO4. The van der Waals surface area contributed by atoms with Crippen LogP contribution in [0.4, 0.5) is 0 Å². The summed E-state index contributed by atoms with van der Waals surface area (Å²) >= 11 is 0. The van der Waals surface area contributed by atoms with Crippen LogP contribution in [0.1, 0.15) is 23.6 Å². The lowest BCUT2D eigenvalue weighted by atomic mass is 9.99. The quantitative estimate of drug-likeness (QED) is 0.350. The molecule has 5 heteroatoms. The van der Waals surface area contributed by atoms with Gasteiger partial charge in [0, 0.05) is 35.2 Å². The second kappa shape index (κ2) is 9.65. The Morgan fingerprint density at radius 2 is 1.82 bits per heavy atom. The highest BCUT2D eigenvalue weighted by Gasteiger charge is 2.15. The lowest BCUT2D eigenvalue weighted by Gasteiger charge is -2.10. The number of hydrogen-bond donors (Lipinski definition) is 1. The first-order valence-corrected chi connectivity index (χ1v) is 10.7. The predicted octanol–water partition coefficient (Wildman–Crippen LogP) is 6.15. The Morgan fingerprint density at radius 1 is 1.03 bits per heavy atom. The highest BCUT2D eigenvalue weighted by atomic mass is 16.5. The van der Waals surface area contributed by atoms with Gasteiger partial charge >= 0.3 is 0 Å². The summed E-state index contributed by atoms with van der Waals surface area (Å²) in [6.07, 6.45) is 3.36. The molecular weight excluding hydrogens is 414 g/mol. The number of carbonyl (C=O) groups excluding carboxylic acids is 1.